The molecule has 0 aliphatic heterocycles. The molecule has 0 bridgehead atoms. The second-order valence-electron chi connectivity index (χ2n) is 3.62. The first-order chi connectivity index (χ1) is 8.12. The van der Waals surface area contributed by atoms with Gasteiger partial charge in [-0.3, -0.25) is 0 Å². The molecule has 94 valence electrons. The van der Waals surface area contributed by atoms with Crippen LogP contribution in [0.15, 0.2) is 18.2 Å². The highest BCUT2D eigenvalue weighted by Gasteiger charge is 2.17. The summed E-state index contributed by atoms with van der Waals surface area (Å²) in [7, 11) is 2.91. The van der Waals surface area contributed by atoms with E-state index in [0.717, 1.165) is 12.0 Å². The first kappa shape index (κ1) is 13.4. The number of aryl methyl sites for hydroxylation is 1. The van der Waals surface area contributed by atoms with Crippen LogP contribution in [-0.2, 0) is 16.0 Å². The summed E-state index contributed by atoms with van der Waals surface area (Å²) in [5, 5.41) is 0. The van der Waals surface area contributed by atoms with Crippen molar-refractivity contribution >= 4 is 5.97 Å². The minimum Gasteiger partial charge on any atom is -0.493 e. The number of methoxy groups -OCH3 is 2. The molecule has 0 aliphatic rings. The van der Waals surface area contributed by atoms with Gasteiger partial charge in [-0.05, 0) is 31.0 Å². The summed E-state index contributed by atoms with van der Waals surface area (Å²) in [5.41, 5.74) is 1.15. The molecule has 4 nitrogen and oxygen atoms in total. The van der Waals surface area contributed by atoms with Crippen molar-refractivity contribution in [3.05, 3.63) is 23.8 Å². The third-order valence-electron chi connectivity index (χ3n) is 2.47. The maximum Gasteiger partial charge on any atom is 0.346 e. The van der Waals surface area contributed by atoms with Crippen molar-refractivity contribution in [2.24, 2.45) is 0 Å². The predicted octanol–water partition coefficient (Wildman–Crippen LogP) is 2.20. The monoisotopic (exact) mass is 238 g/mol. The standard InChI is InChI=1S/C13H18O4/c1-5-10-6-7-11(12(8-10)15-3)17-9(2)13(14)16-4/h6-9H,5H2,1-4H3/t9-/m1/s1. The van der Waals surface area contributed by atoms with Crippen molar-refractivity contribution in [3.63, 3.8) is 0 Å². The number of esters is 1. The van der Waals surface area contributed by atoms with Gasteiger partial charge in [0.2, 0.25) is 0 Å². The Labute approximate surface area is 101 Å². The molecule has 0 N–H and O–H groups in total. The van der Waals surface area contributed by atoms with Crippen LogP contribution in [0.1, 0.15) is 19.4 Å². The van der Waals surface area contributed by atoms with E-state index in [-0.39, 0.29) is 0 Å². The van der Waals surface area contributed by atoms with Crippen molar-refractivity contribution in [2.45, 2.75) is 26.4 Å². The lowest BCUT2D eigenvalue weighted by Gasteiger charge is -2.15. The molecule has 0 saturated heterocycles. The van der Waals surface area contributed by atoms with E-state index in [0.29, 0.717) is 11.5 Å². The molecule has 0 unspecified atom stereocenters. The van der Waals surface area contributed by atoms with E-state index >= 15 is 0 Å². The van der Waals surface area contributed by atoms with E-state index in [1.54, 1.807) is 20.1 Å². The number of ether oxygens (including phenoxy) is 3. The zero-order valence-corrected chi connectivity index (χ0v) is 10.6. The number of rotatable bonds is 5. The van der Waals surface area contributed by atoms with Gasteiger partial charge in [0.1, 0.15) is 0 Å². The van der Waals surface area contributed by atoms with Crippen LogP contribution in [0.25, 0.3) is 0 Å². The van der Waals surface area contributed by atoms with Gasteiger partial charge in [-0.15, -0.1) is 0 Å². The second kappa shape index (κ2) is 6.13. The van der Waals surface area contributed by atoms with Crippen LogP contribution >= 0.6 is 0 Å². The topological polar surface area (TPSA) is 44.8 Å². The van der Waals surface area contributed by atoms with Gasteiger partial charge in [0, 0.05) is 0 Å². The zero-order valence-electron chi connectivity index (χ0n) is 10.6. The Morgan fingerprint density at radius 1 is 1.29 bits per heavy atom. The van der Waals surface area contributed by atoms with E-state index in [4.69, 9.17) is 9.47 Å². The van der Waals surface area contributed by atoms with Crippen molar-refractivity contribution in [2.75, 3.05) is 14.2 Å². The lowest BCUT2D eigenvalue weighted by molar-refractivity contribution is -0.147. The Morgan fingerprint density at radius 2 is 2.00 bits per heavy atom. The van der Waals surface area contributed by atoms with E-state index in [1.807, 2.05) is 12.1 Å². The highest BCUT2D eigenvalue weighted by Crippen LogP contribution is 2.29. The van der Waals surface area contributed by atoms with Crippen molar-refractivity contribution < 1.29 is 19.0 Å². The quantitative estimate of drug-likeness (QED) is 0.738. The van der Waals surface area contributed by atoms with E-state index in [9.17, 15) is 4.79 Å². The average molecular weight is 238 g/mol. The fraction of sp³-hybridized carbons (Fsp3) is 0.462. The summed E-state index contributed by atoms with van der Waals surface area (Å²) in [4.78, 5) is 11.3. The van der Waals surface area contributed by atoms with Crippen LogP contribution in [0.4, 0.5) is 0 Å². The highest BCUT2D eigenvalue weighted by atomic mass is 16.6. The van der Waals surface area contributed by atoms with Gasteiger partial charge < -0.3 is 14.2 Å². The minimum atomic E-state index is -0.652. The molecule has 1 atom stereocenters. The summed E-state index contributed by atoms with van der Waals surface area (Å²) < 4.78 is 15.3. The first-order valence-corrected chi connectivity index (χ1v) is 5.53. The highest BCUT2D eigenvalue weighted by molar-refractivity contribution is 5.74. The van der Waals surface area contributed by atoms with E-state index in [2.05, 4.69) is 11.7 Å². The number of carbonyl (C=O) groups is 1. The van der Waals surface area contributed by atoms with Crippen molar-refractivity contribution in [1.82, 2.24) is 0 Å². The maximum absolute atomic E-state index is 11.3. The molecule has 0 fully saturated rings. The Hall–Kier alpha value is -1.71. The summed E-state index contributed by atoms with van der Waals surface area (Å²) in [5.74, 6) is 0.759. The van der Waals surface area contributed by atoms with Crippen LogP contribution in [0.3, 0.4) is 0 Å². The number of benzene rings is 1. The van der Waals surface area contributed by atoms with Crippen LogP contribution in [0.5, 0.6) is 11.5 Å². The summed E-state index contributed by atoms with van der Waals surface area (Å²) in [6.45, 7) is 3.70. The minimum absolute atomic E-state index is 0.411. The van der Waals surface area contributed by atoms with Gasteiger partial charge >= 0.3 is 5.97 Å². The number of hydrogen-bond donors (Lipinski definition) is 0. The largest absolute Gasteiger partial charge is 0.493 e. The van der Waals surface area contributed by atoms with E-state index < -0.39 is 12.1 Å². The fourth-order valence-electron chi connectivity index (χ4n) is 1.43. The van der Waals surface area contributed by atoms with Gasteiger partial charge in [-0.2, -0.15) is 0 Å². The lowest BCUT2D eigenvalue weighted by atomic mass is 10.1. The Morgan fingerprint density at radius 3 is 2.53 bits per heavy atom. The summed E-state index contributed by atoms with van der Waals surface area (Å²) in [6, 6.07) is 5.65. The van der Waals surface area contributed by atoms with Crippen molar-refractivity contribution in [3.8, 4) is 11.5 Å². The number of hydrogen-bond acceptors (Lipinski definition) is 4. The van der Waals surface area contributed by atoms with Gasteiger partial charge in [0.05, 0.1) is 14.2 Å². The fourth-order valence-corrected chi connectivity index (χ4v) is 1.43. The van der Waals surface area contributed by atoms with Gasteiger partial charge in [0.15, 0.2) is 17.6 Å². The molecule has 1 aromatic rings. The third kappa shape index (κ3) is 3.37. The molecule has 0 aliphatic carbocycles. The molecular weight excluding hydrogens is 220 g/mol. The molecule has 0 aromatic heterocycles. The molecule has 17 heavy (non-hydrogen) atoms. The lowest BCUT2D eigenvalue weighted by Crippen LogP contribution is -2.25. The Balaban J connectivity index is 2.87. The molecule has 4 heteroatoms. The normalized spacial score (nSPS) is 11.8. The molecular formula is C13H18O4. The summed E-state index contributed by atoms with van der Waals surface area (Å²) in [6.07, 6.45) is 0.268. The van der Waals surface area contributed by atoms with Gasteiger partial charge in [-0.25, -0.2) is 4.79 Å². The van der Waals surface area contributed by atoms with Gasteiger partial charge in [-0.1, -0.05) is 13.0 Å². The molecule has 0 spiro atoms. The Kier molecular flexibility index (Phi) is 4.82. The molecule has 0 amide bonds. The first-order valence-electron chi connectivity index (χ1n) is 5.53. The number of carbonyl (C=O) groups excluding carboxylic acids is 1. The van der Waals surface area contributed by atoms with E-state index in [1.165, 1.54) is 7.11 Å². The molecule has 0 radical (unpaired) electrons. The predicted molar refractivity (Wildman–Crippen MR) is 64.5 cm³/mol. The van der Waals surface area contributed by atoms with Crippen molar-refractivity contribution in [1.29, 1.82) is 0 Å². The summed E-state index contributed by atoms with van der Waals surface area (Å²) >= 11 is 0. The van der Waals surface area contributed by atoms with Crippen LogP contribution < -0.4 is 9.47 Å². The average Bonchev–Trinajstić information content (AvgIpc) is 2.37. The van der Waals surface area contributed by atoms with Gasteiger partial charge in [0.25, 0.3) is 0 Å². The molecule has 1 rings (SSSR count). The van der Waals surface area contributed by atoms with Crippen LogP contribution in [0, 0.1) is 0 Å². The zero-order chi connectivity index (χ0) is 12.8. The maximum atomic E-state index is 11.3. The molecule has 0 saturated carbocycles. The Bertz CT molecular complexity index is 387. The SMILES string of the molecule is CCc1ccc(O[C@H](C)C(=O)OC)c(OC)c1. The van der Waals surface area contributed by atoms with Crippen LogP contribution in [-0.4, -0.2) is 26.3 Å². The smallest absolute Gasteiger partial charge is 0.346 e. The second-order valence-corrected chi connectivity index (χ2v) is 3.62. The molecule has 0 heterocycles. The third-order valence-corrected chi connectivity index (χ3v) is 2.47. The van der Waals surface area contributed by atoms with Crippen LogP contribution in [0.2, 0.25) is 0 Å². The molecule has 1 aromatic carbocycles.